The van der Waals surface area contributed by atoms with Gasteiger partial charge in [-0.15, -0.1) is 0 Å². The van der Waals surface area contributed by atoms with Gasteiger partial charge in [-0.25, -0.2) is 0 Å². The summed E-state index contributed by atoms with van der Waals surface area (Å²) in [7, 11) is 1.59. The van der Waals surface area contributed by atoms with Crippen LogP contribution < -0.4 is 5.32 Å². The molecule has 1 aliphatic carbocycles. The van der Waals surface area contributed by atoms with Gasteiger partial charge >= 0.3 is 0 Å². The second-order valence-corrected chi connectivity index (χ2v) is 5.94. The first-order valence-electron chi connectivity index (χ1n) is 6.81. The van der Waals surface area contributed by atoms with Gasteiger partial charge in [-0.2, -0.15) is 0 Å². The van der Waals surface area contributed by atoms with Crippen LogP contribution in [-0.4, -0.2) is 36.9 Å². The highest BCUT2D eigenvalue weighted by Gasteiger charge is 2.45. The van der Waals surface area contributed by atoms with E-state index in [1.807, 2.05) is 19.1 Å². The van der Waals surface area contributed by atoms with Crippen LogP contribution in [0.5, 0.6) is 0 Å². The van der Waals surface area contributed by atoms with Crippen molar-refractivity contribution in [3.05, 3.63) is 34.3 Å². The van der Waals surface area contributed by atoms with Crippen molar-refractivity contribution < 1.29 is 9.59 Å². The van der Waals surface area contributed by atoms with Crippen LogP contribution in [0.1, 0.15) is 24.8 Å². The fraction of sp³-hybridized carbons (Fsp3) is 0.467. The SMILES string of the molecule is CCN(CC(=O)NC)C(=O)[C@@H]1C[C@@H]1c1ccc(Br)cc1. The van der Waals surface area contributed by atoms with Crippen molar-refractivity contribution in [2.45, 2.75) is 19.3 Å². The minimum atomic E-state index is -0.124. The van der Waals surface area contributed by atoms with Crippen LogP contribution in [0.2, 0.25) is 0 Å². The molecule has 1 fully saturated rings. The maximum absolute atomic E-state index is 12.4. The van der Waals surface area contributed by atoms with Crippen LogP contribution in [0.3, 0.4) is 0 Å². The third-order valence-corrected chi connectivity index (χ3v) is 4.24. The Morgan fingerprint density at radius 3 is 2.55 bits per heavy atom. The zero-order chi connectivity index (χ0) is 14.7. The minimum absolute atomic E-state index is 0.0285. The third kappa shape index (κ3) is 3.39. The lowest BCUT2D eigenvalue weighted by Crippen LogP contribution is -2.40. The number of carbonyl (C=O) groups is 2. The topological polar surface area (TPSA) is 49.4 Å². The molecule has 2 amide bonds. The quantitative estimate of drug-likeness (QED) is 0.894. The Kier molecular flexibility index (Phi) is 4.81. The second-order valence-electron chi connectivity index (χ2n) is 5.03. The molecule has 1 N–H and O–H groups in total. The summed E-state index contributed by atoms with van der Waals surface area (Å²) in [5.41, 5.74) is 1.20. The van der Waals surface area contributed by atoms with Gasteiger partial charge in [0.25, 0.3) is 0 Å². The molecule has 0 aromatic heterocycles. The summed E-state index contributed by atoms with van der Waals surface area (Å²) in [6.45, 7) is 2.61. The van der Waals surface area contributed by atoms with Crippen LogP contribution in [0, 0.1) is 5.92 Å². The summed E-state index contributed by atoms with van der Waals surface area (Å²) in [4.78, 5) is 25.4. The van der Waals surface area contributed by atoms with E-state index in [-0.39, 0.29) is 24.3 Å². The summed E-state index contributed by atoms with van der Waals surface area (Å²) in [6.07, 6.45) is 0.880. The van der Waals surface area contributed by atoms with E-state index < -0.39 is 0 Å². The van der Waals surface area contributed by atoms with Crippen molar-refractivity contribution in [1.82, 2.24) is 10.2 Å². The Morgan fingerprint density at radius 1 is 1.35 bits per heavy atom. The van der Waals surface area contributed by atoms with Gasteiger partial charge in [-0.05, 0) is 37.0 Å². The lowest BCUT2D eigenvalue weighted by molar-refractivity contribution is -0.136. The standard InChI is InChI=1S/C15H19BrN2O2/c1-3-18(9-14(19)17-2)15(20)13-8-12(13)10-4-6-11(16)7-5-10/h4-7,12-13H,3,8-9H2,1-2H3,(H,17,19)/t12-,13-/m1/s1. The molecule has 4 nitrogen and oxygen atoms in total. The van der Waals surface area contributed by atoms with E-state index in [0.29, 0.717) is 12.5 Å². The molecule has 1 saturated carbocycles. The Morgan fingerprint density at radius 2 is 2.00 bits per heavy atom. The molecule has 0 saturated heterocycles. The third-order valence-electron chi connectivity index (χ3n) is 3.71. The molecule has 2 rings (SSSR count). The molecule has 1 aliphatic rings. The molecule has 0 heterocycles. The lowest BCUT2D eigenvalue weighted by atomic mass is 10.1. The first-order chi connectivity index (χ1) is 9.56. The maximum atomic E-state index is 12.4. The Hall–Kier alpha value is -1.36. The van der Waals surface area contributed by atoms with E-state index in [4.69, 9.17) is 0 Å². The number of likely N-dealkylation sites (N-methyl/N-ethyl adjacent to an activating group) is 2. The van der Waals surface area contributed by atoms with Gasteiger partial charge in [-0.3, -0.25) is 9.59 Å². The molecule has 5 heteroatoms. The molecule has 1 aromatic rings. The number of amides is 2. The Bertz CT molecular complexity index is 501. The Labute approximate surface area is 127 Å². The molecule has 1 aromatic carbocycles. The van der Waals surface area contributed by atoms with Gasteiger partial charge in [-0.1, -0.05) is 28.1 Å². The first kappa shape index (κ1) is 15.0. The number of carbonyl (C=O) groups excluding carboxylic acids is 2. The number of rotatable bonds is 5. The summed E-state index contributed by atoms with van der Waals surface area (Å²) in [6, 6.07) is 8.10. The maximum Gasteiger partial charge on any atom is 0.239 e. The second kappa shape index (κ2) is 6.39. The molecular weight excluding hydrogens is 320 g/mol. The summed E-state index contributed by atoms with van der Waals surface area (Å²) >= 11 is 3.41. The molecule has 0 unspecified atom stereocenters. The number of halogens is 1. The summed E-state index contributed by atoms with van der Waals surface area (Å²) in [5, 5.41) is 2.56. The van der Waals surface area contributed by atoms with E-state index in [0.717, 1.165) is 10.9 Å². The molecular formula is C15H19BrN2O2. The number of nitrogens with one attached hydrogen (secondary N) is 1. The highest BCUT2D eigenvalue weighted by atomic mass is 79.9. The van der Waals surface area contributed by atoms with Gasteiger partial charge in [0.1, 0.15) is 0 Å². The molecule has 108 valence electrons. The largest absolute Gasteiger partial charge is 0.358 e. The number of benzene rings is 1. The average molecular weight is 339 g/mol. The minimum Gasteiger partial charge on any atom is -0.358 e. The first-order valence-corrected chi connectivity index (χ1v) is 7.61. The van der Waals surface area contributed by atoms with E-state index in [2.05, 4.69) is 33.4 Å². The molecule has 0 bridgehead atoms. The van der Waals surface area contributed by atoms with Gasteiger partial charge in [0.05, 0.1) is 6.54 Å². The van der Waals surface area contributed by atoms with Crippen molar-refractivity contribution in [2.75, 3.05) is 20.1 Å². The molecule has 0 radical (unpaired) electrons. The fourth-order valence-corrected chi connectivity index (χ4v) is 2.64. The van der Waals surface area contributed by atoms with Crippen molar-refractivity contribution >= 4 is 27.7 Å². The smallest absolute Gasteiger partial charge is 0.239 e. The number of hydrogen-bond donors (Lipinski definition) is 1. The normalized spacial score (nSPS) is 20.4. The number of hydrogen-bond acceptors (Lipinski definition) is 2. The lowest BCUT2D eigenvalue weighted by Gasteiger charge is -2.20. The monoisotopic (exact) mass is 338 g/mol. The van der Waals surface area contributed by atoms with Crippen LogP contribution in [0.4, 0.5) is 0 Å². The predicted octanol–water partition coefficient (Wildman–Crippen LogP) is 2.15. The van der Waals surface area contributed by atoms with Crippen molar-refractivity contribution in [3.63, 3.8) is 0 Å². The van der Waals surface area contributed by atoms with Gasteiger partial charge in [0.15, 0.2) is 0 Å². The zero-order valence-corrected chi connectivity index (χ0v) is 13.3. The van der Waals surface area contributed by atoms with Crippen molar-refractivity contribution in [3.8, 4) is 0 Å². The fourth-order valence-electron chi connectivity index (χ4n) is 2.38. The van der Waals surface area contributed by atoms with Crippen LogP contribution in [0.15, 0.2) is 28.7 Å². The average Bonchev–Trinajstić information content (AvgIpc) is 3.25. The van der Waals surface area contributed by atoms with Crippen LogP contribution >= 0.6 is 15.9 Å². The summed E-state index contributed by atoms with van der Waals surface area (Å²) < 4.78 is 1.04. The molecule has 2 atom stereocenters. The van der Waals surface area contributed by atoms with E-state index in [1.54, 1.807) is 11.9 Å². The zero-order valence-electron chi connectivity index (χ0n) is 11.7. The Balaban J connectivity index is 1.97. The highest BCUT2D eigenvalue weighted by molar-refractivity contribution is 9.10. The van der Waals surface area contributed by atoms with Crippen LogP contribution in [0.25, 0.3) is 0 Å². The van der Waals surface area contributed by atoms with Crippen molar-refractivity contribution in [1.29, 1.82) is 0 Å². The van der Waals surface area contributed by atoms with Crippen molar-refractivity contribution in [2.24, 2.45) is 5.92 Å². The highest BCUT2D eigenvalue weighted by Crippen LogP contribution is 2.48. The van der Waals surface area contributed by atoms with Crippen LogP contribution in [-0.2, 0) is 9.59 Å². The van der Waals surface area contributed by atoms with E-state index >= 15 is 0 Å². The molecule has 20 heavy (non-hydrogen) atoms. The van der Waals surface area contributed by atoms with Gasteiger partial charge < -0.3 is 10.2 Å². The van der Waals surface area contributed by atoms with E-state index in [9.17, 15) is 9.59 Å². The molecule has 0 spiro atoms. The number of nitrogens with zero attached hydrogens (tertiary/aromatic N) is 1. The van der Waals surface area contributed by atoms with E-state index in [1.165, 1.54) is 5.56 Å². The van der Waals surface area contributed by atoms with Gasteiger partial charge in [0, 0.05) is 24.0 Å². The predicted molar refractivity (Wildman–Crippen MR) is 81.3 cm³/mol. The van der Waals surface area contributed by atoms with Gasteiger partial charge in [0.2, 0.25) is 11.8 Å². The summed E-state index contributed by atoms with van der Waals surface area (Å²) in [5.74, 6) is 0.292. The molecule has 0 aliphatic heterocycles.